The highest BCUT2D eigenvalue weighted by molar-refractivity contribution is 5.79. The number of carbonyl (C=O) groups is 1. The lowest BCUT2D eigenvalue weighted by Gasteiger charge is -2.21. The molecule has 2 N–H and O–H groups in total. The smallest absolute Gasteiger partial charge is 0.269 e. The predicted octanol–water partition coefficient (Wildman–Crippen LogP) is 3.62. The van der Waals surface area contributed by atoms with Crippen LogP contribution in [0.5, 0.6) is 0 Å². The molecule has 8 nitrogen and oxygen atoms in total. The molecule has 0 unspecified atom stereocenters. The van der Waals surface area contributed by atoms with E-state index in [9.17, 15) is 14.9 Å². The first kappa shape index (κ1) is 23.2. The summed E-state index contributed by atoms with van der Waals surface area (Å²) >= 11 is 0. The van der Waals surface area contributed by atoms with E-state index in [0.717, 1.165) is 49.9 Å². The molecular formula is C24H31N5O3. The molecule has 0 spiro atoms. The highest BCUT2D eigenvalue weighted by Gasteiger charge is 2.15. The highest BCUT2D eigenvalue weighted by Crippen LogP contribution is 2.12. The van der Waals surface area contributed by atoms with E-state index in [1.807, 2.05) is 35.2 Å². The first-order valence-corrected chi connectivity index (χ1v) is 11.2. The molecule has 3 rings (SSSR count). The summed E-state index contributed by atoms with van der Waals surface area (Å²) in [6.07, 6.45) is 4.71. The third kappa shape index (κ3) is 7.68. The van der Waals surface area contributed by atoms with Gasteiger partial charge in [-0.15, -0.1) is 0 Å². The van der Waals surface area contributed by atoms with Crippen LogP contribution in [0.15, 0.2) is 59.6 Å². The van der Waals surface area contributed by atoms with Gasteiger partial charge in [0.25, 0.3) is 5.69 Å². The second-order valence-electron chi connectivity index (χ2n) is 7.90. The van der Waals surface area contributed by atoms with E-state index >= 15 is 0 Å². The van der Waals surface area contributed by atoms with Gasteiger partial charge >= 0.3 is 0 Å². The van der Waals surface area contributed by atoms with E-state index in [-0.39, 0.29) is 11.6 Å². The summed E-state index contributed by atoms with van der Waals surface area (Å²) in [6, 6.07) is 16.5. The number of likely N-dealkylation sites (tertiary alicyclic amines) is 1. The molecule has 0 aromatic heterocycles. The number of nitro groups is 1. The van der Waals surface area contributed by atoms with Crippen molar-refractivity contribution in [2.24, 2.45) is 4.99 Å². The first-order valence-electron chi connectivity index (χ1n) is 11.2. The summed E-state index contributed by atoms with van der Waals surface area (Å²) < 4.78 is 0. The van der Waals surface area contributed by atoms with Gasteiger partial charge in [0.15, 0.2) is 5.96 Å². The summed E-state index contributed by atoms with van der Waals surface area (Å²) in [5.41, 5.74) is 2.12. The van der Waals surface area contributed by atoms with Crippen LogP contribution in [0.4, 0.5) is 5.69 Å². The highest BCUT2D eigenvalue weighted by atomic mass is 16.6. The Morgan fingerprint density at radius 3 is 2.53 bits per heavy atom. The molecule has 8 heteroatoms. The Morgan fingerprint density at radius 1 is 1.00 bits per heavy atom. The molecule has 1 aliphatic heterocycles. The third-order valence-electron chi connectivity index (χ3n) is 5.44. The number of nitrogens with one attached hydrogen (secondary N) is 2. The second-order valence-corrected chi connectivity index (χ2v) is 7.90. The van der Waals surface area contributed by atoms with Crippen molar-refractivity contribution in [2.75, 3.05) is 19.6 Å². The SMILES string of the molecule is O=C1CCCCCN1CCCNC(=NCc1ccccc1)NCc1ccc([N+](=O)[O-])cc1. The molecule has 1 heterocycles. The zero-order chi connectivity index (χ0) is 22.6. The number of hydrogen-bond donors (Lipinski definition) is 2. The summed E-state index contributed by atoms with van der Waals surface area (Å²) in [6.45, 7) is 3.35. The molecule has 2 aromatic carbocycles. The minimum Gasteiger partial charge on any atom is -0.356 e. The number of amides is 1. The van der Waals surface area contributed by atoms with E-state index in [1.54, 1.807) is 12.1 Å². The molecule has 1 fully saturated rings. The average Bonchev–Trinajstić information content (AvgIpc) is 3.02. The number of hydrogen-bond acceptors (Lipinski definition) is 4. The Kier molecular flexibility index (Phi) is 9.04. The fourth-order valence-electron chi connectivity index (χ4n) is 3.60. The lowest BCUT2D eigenvalue weighted by Crippen LogP contribution is -2.39. The number of rotatable bonds is 9. The minimum atomic E-state index is -0.402. The van der Waals surface area contributed by atoms with Gasteiger partial charge in [-0.1, -0.05) is 48.9 Å². The molecule has 0 saturated carbocycles. The maximum absolute atomic E-state index is 12.2. The van der Waals surface area contributed by atoms with Gasteiger partial charge in [0.2, 0.25) is 5.91 Å². The summed E-state index contributed by atoms with van der Waals surface area (Å²) in [7, 11) is 0. The maximum atomic E-state index is 12.2. The minimum absolute atomic E-state index is 0.0768. The van der Waals surface area contributed by atoms with Crippen molar-refractivity contribution in [3.05, 3.63) is 75.8 Å². The topological polar surface area (TPSA) is 99.9 Å². The van der Waals surface area contributed by atoms with Crippen LogP contribution < -0.4 is 10.6 Å². The number of benzene rings is 2. The van der Waals surface area contributed by atoms with Gasteiger partial charge in [0.05, 0.1) is 11.5 Å². The van der Waals surface area contributed by atoms with Crippen LogP contribution in [0.1, 0.15) is 43.2 Å². The summed E-state index contributed by atoms with van der Waals surface area (Å²) in [4.78, 5) is 29.2. The molecule has 1 aliphatic rings. The number of nitro benzene ring substituents is 1. The quantitative estimate of drug-likeness (QED) is 0.205. The normalized spacial score (nSPS) is 14.7. The molecule has 0 aliphatic carbocycles. The summed E-state index contributed by atoms with van der Waals surface area (Å²) in [5, 5.41) is 17.5. The Hall–Kier alpha value is -3.42. The van der Waals surface area contributed by atoms with Crippen LogP contribution >= 0.6 is 0 Å². The van der Waals surface area contributed by atoms with Crippen molar-refractivity contribution in [2.45, 2.75) is 45.2 Å². The van der Waals surface area contributed by atoms with Crippen LogP contribution in [-0.2, 0) is 17.9 Å². The first-order chi connectivity index (χ1) is 15.6. The van der Waals surface area contributed by atoms with Crippen molar-refractivity contribution in [1.82, 2.24) is 15.5 Å². The molecule has 170 valence electrons. The van der Waals surface area contributed by atoms with E-state index in [0.29, 0.717) is 32.0 Å². The third-order valence-corrected chi connectivity index (χ3v) is 5.44. The fraction of sp³-hybridized carbons (Fsp3) is 0.417. The largest absolute Gasteiger partial charge is 0.356 e. The predicted molar refractivity (Wildman–Crippen MR) is 125 cm³/mol. The van der Waals surface area contributed by atoms with Crippen molar-refractivity contribution in [3.63, 3.8) is 0 Å². The molecule has 0 bridgehead atoms. The number of nitrogens with zero attached hydrogens (tertiary/aromatic N) is 3. The van der Waals surface area contributed by atoms with Crippen molar-refractivity contribution < 1.29 is 9.72 Å². The number of aliphatic imine (C=N–C) groups is 1. The molecular weight excluding hydrogens is 406 g/mol. The van der Waals surface area contributed by atoms with Gasteiger partial charge in [-0.2, -0.15) is 0 Å². The van der Waals surface area contributed by atoms with Crippen molar-refractivity contribution in [3.8, 4) is 0 Å². The number of non-ortho nitro benzene ring substituents is 1. The second kappa shape index (κ2) is 12.4. The van der Waals surface area contributed by atoms with E-state index in [4.69, 9.17) is 0 Å². The van der Waals surface area contributed by atoms with Crippen LogP contribution in [0.3, 0.4) is 0 Å². The van der Waals surface area contributed by atoms with Gasteiger partial charge in [-0.3, -0.25) is 14.9 Å². The Morgan fingerprint density at radius 2 is 1.78 bits per heavy atom. The van der Waals surface area contributed by atoms with Gasteiger partial charge in [-0.05, 0) is 30.4 Å². The molecule has 0 radical (unpaired) electrons. The lowest BCUT2D eigenvalue weighted by molar-refractivity contribution is -0.384. The van der Waals surface area contributed by atoms with Gasteiger partial charge in [-0.25, -0.2) is 4.99 Å². The van der Waals surface area contributed by atoms with Crippen molar-refractivity contribution in [1.29, 1.82) is 0 Å². The standard InChI is InChI=1S/C24H31N5O3/c30-23-10-5-2-6-16-28(23)17-7-15-25-24(26-18-20-8-3-1-4-9-20)27-19-21-11-13-22(14-12-21)29(31)32/h1,3-4,8-9,11-14H,2,5-7,10,15-19H2,(H2,25,26,27). The van der Waals surface area contributed by atoms with Gasteiger partial charge in [0.1, 0.15) is 0 Å². The Bertz CT molecular complexity index is 900. The maximum Gasteiger partial charge on any atom is 0.269 e. The van der Waals surface area contributed by atoms with Crippen LogP contribution in [0.25, 0.3) is 0 Å². The number of guanidine groups is 1. The molecule has 32 heavy (non-hydrogen) atoms. The van der Waals surface area contributed by atoms with Crippen molar-refractivity contribution >= 4 is 17.6 Å². The van der Waals surface area contributed by atoms with E-state index in [2.05, 4.69) is 15.6 Å². The zero-order valence-corrected chi connectivity index (χ0v) is 18.3. The van der Waals surface area contributed by atoms with Crippen LogP contribution in [0, 0.1) is 10.1 Å². The molecule has 1 saturated heterocycles. The molecule has 0 atom stereocenters. The lowest BCUT2D eigenvalue weighted by atomic mass is 10.2. The molecule has 1 amide bonds. The Labute approximate surface area is 188 Å². The van der Waals surface area contributed by atoms with Gasteiger partial charge < -0.3 is 15.5 Å². The number of carbonyl (C=O) groups excluding carboxylic acids is 1. The fourth-order valence-corrected chi connectivity index (χ4v) is 3.60. The van der Waals surface area contributed by atoms with Crippen LogP contribution in [0.2, 0.25) is 0 Å². The van der Waals surface area contributed by atoms with Gasteiger partial charge in [0, 0.05) is 44.7 Å². The zero-order valence-electron chi connectivity index (χ0n) is 18.3. The average molecular weight is 438 g/mol. The summed E-state index contributed by atoms with van der Waals surface area (Å²) in [5.74, 6) is 0.936. The van der Waals surface area contributed by atoms with Crippen LogP contribution in [-0.4, -0.2) is 41.3 Å². The Balaban J connectivity index is 1.53. The monoisotopic (exact) mass is 437 g/mol. The van der Waals surface area contributed by atoms with E-state index < -0.39 is 4.92 Å². The van der Waals surface area contributed by atoms with E-state index in [1.165, 1.54) is 12.1 Å². The molecule has 2 aromatic rings.